The Morgan fingerprint density at radius 1 is 0.939 bits per heavy atom. The van der Waals surface area contributed by atoms with Crippen LogP contribution < -0.4 is 4.90 Å². The summed E-state index contributed by atoms with van der Waals surface area (Å²) in [4.78, 5) is 27.4. The summed E-state index contributed by atoms with van der Waals surface area (Å²) in [5, 5.41) is 0. The van der Waals surface area contributed by atoms with E-state index >= 15 is 0 Å². The van der Waals surface area contributed by atoms with Gasteiger partial charge in [-0.2, -0.15) is 4.31 Å². The predicted octanol–water partition coefficient (Wildman–Crippen LogP) is 5.42. The number of allylic oxidation sites excluding steroid dienone is 1. The first-order chi connectivity index (χ1) is 15.8. The van der Waals surface area contributed by atoms with Gasteiger partial charge in [0.05, 0.1) is 17.0 Å². The highest BCUT2D eigenvalue weighted by molar-refractivity contribution is 9.10. The van der Waals surface area contributed by atoms with Crippen molar-refractivity contribution >= 4 is 59.4 Å². The zero-order valence-electron chi connectivity index (χ0n) is 17.9. The van der Waals surface area contributed by atoms with Crippen LogP contribution in [0.15, 0.2) is 74.0 Å². The van der Waals surface area contributed by atoms with E-state index in [0.717, 1.165) is 39.5 Å². The Bertz CT molecular complexity index is 1180. The maximum atomic E-state index is 13.6. The van der Waals surface area contributed by atoms with Gasteiger partial charge in [-0.05, 0) is 80.6 Å². The van der Waals surface area contributed by atoms with Crippen LogP contribution in [-0.2, 0) is 19.6 Å². The van der Waals surface area contributed by atoms with E-state index in [9.17, 15) is 18.0 Å². The molecule has 9 heteroatoms. The van der Waals surface area contributed by atoms with Gasteiger partial charge in [-0.3, -0.25) is 9.59 Å². The van der Waals surface area contributed by atoms with Crippen molar-refractivity contribution in [3.05, 3.63) is 69.1 Å². The van der Waals surface area contributed by atoms with Crippen LogP contribution in [0.3, 0.4) is 0 Å². The SMILES string of the molecule is O=C1CC(N(CCC2=CCCCC2)S(=O)(=O)c2ccc(Br)cc2)C(=O)N1c1ccc(Br)cc1. The van der Waals surface area contributed by atoms with Crippen molar-refractivity contribution in [2.24, 2.45) is 0 Å². The number of nitrogens with zero attached hydrogens (tertiary/aromatic N) is 2. The third-order valence-corrected chi connectivity index (χ3v) is 8.99. The lowest BCUT2D eigenvalue weighted by atomic mass is 9.97. The summed E-state index contributed by atoms with van der Waals surface area (Å²) in [7, 11) is -3.99. The fraction of sp³-hybridized carbons (Fsp3) is 0.333. The van der Waals surface area contributed by atoms with Crippen molar-refractivity contribution in [2.75, 3.05) is 11.4 Å². The molecule has 1 fully saturated rings. The molecule has 2 aromatic carbocycles. The van der Waals surface area contributed by atoms with Gasteiger partial charge in [0.25, 0.3) is 5.91 Å². The molecule has 0 aromatic heterocycles. The highest BCUT2D eigenvalue weighted by Crippen LogP contribution is 2.31. The van der Waals surface area contributed by atoms with Gasteiger partial charge in [-0.25, -0.2) is 13.3 Å². The number of anilines is 1. The molecular formula is C24H24Br2N2O4S. The lowest BCUT2D eigenvalue weighted by Crippen LogP contribution is -2.46. The molecule has 1 saturated heterocycles. The fourth-order valence-corrected chi connectivity index (χ4v) is 6.38. The highest BCUT2D eigenvalue weighted by Gasteiger charge is 2.46. The van der Waals surface area contributed by atoms with Crippen molar-refractivity contribution in [3.8, 4) is 0 Å². The smallest absolute Gasteiger partial charge is 0.252 e. The minimum absolute atomic E-state index is 0.102. The van der Waals surface area contributed by atoms with Gasteiger partial charge in [-0.1, -0.05) is 43.5 Å². The Kier molecular flexibility index (Phi) is 7.53. The lowest BCUT2D eigenvalue weighted by Gasteiger charge is -2.27. The Morgan fingerprint density at radius 3 is 2.18 bits per heavy atom. The molecule has 1 atom stereocenters. The molecule has 4 rings (SSSR count). The molecule has 2 aliphatic rings. The molecule has 1 aliphatic heterocycles. The molecule has 0 bridgehead atoms. The number of carbonyl (C=O) groups excluding carboxylic acids is 2. The van der Waals surface area contributed by atoms with Crippen molar-refractivity contribution in [1.29, 1.82) is 0 Å². The van der Waals surface area contributed by atoms with Crippen LogP contribution in [0.5, 0.6) is 0 Å². The van der Waals surface area contributed by atoms with Crippen LogP contribution in [0.4, 0.5) is 5.69 Å². The average Bonchev–Trinajstić information content (AvgIpc) is 3.09. The molecule has 0 radical (unpaired) electrons. The van der Waals surface area contributed by atoms with E-state index in [0.29, 0.717) is 12.1 Å². The molecule has 0 saturated carbocycles. The molecular weight excluding hydrogens is 572 g/mol. The van der Waals surface area contributed by atoms with E-state index in [1.807, 2.05) is 0 Å². The first-order valence-corrected chi connectivity index (χ1v) is 13.9. The van der Waals surface area contributed by atoms with Gasteiger partial charge >= 0.3 is 0 Å². The number of hydrogen-bond acceptors (Lipinski definition) is 4. The summed E-state index contributed by atoms with van der Waals surface area (Å²) in [5.41, 5.74) is 1.64. The summed E-state index contributed by atoms with van der Waals surface area (Å²) in [6, 6.07) is 12.1. The molecule has 1 unspecified atom stereocenters. The van der Waals surface area contributed by atoms with Crippen LogP contribution in [0.2, 0.25) is 0 Å². The van der Waals surface area contributed by atoms with Gasteiger partial charge < -0.3 is 0 Å². The number of imide groups is 1. The number of amides is 2. The average molecular weight is 596 g/mol. The molecule has 174 valence electrons. The molecule has 2 aromatic rings. The number of sulfonamides is 1. The summed E-state index contributed by atoms with van der Waals surface area (Å²) in [6.45, 7) is 0.155. The van der Waals surface area contributed by atoms with E-state index in [1.165, 1.54) is 22.0 Å². The Morgan fingerprint density at radius 2 is 1.58 bits per heavy atom. The van der Waals surface area contributed by atoms with Gasteiger partial charge in [-0.15, -0.1) is 0 Å². The van der Waals surface area contributed by atoms with Crippen molar-refractivity contribution in [1.82, 2.24) is 4.31 Å². The van der Waals surface area contributed by atoms with E-state index in [2.05, 4.69) is 37.9 Å². The number of halogens is 2. The van der Waals surface area contributed by atoms with Crippen LogP contribution in [0, 0.1) is 0 Å². The third kappa shape index (κ3) is 5.31. The predicted molar refractivity (Wildman–Crippen MR) is 134 cm³/mol. The van der Waals surface area contributed by atoms with Gasteiger partial charge in [0.1, 0.15) is 6.04 Å². The molecule has 0 spiro atoms. The number of carbonyl (C=O) groups is 2. The molecule has 2 amide bonds. The molecule has 6 nitrogen and oxygen atoms in total. The lowest BCUT2D eigenvalue weighted by molar-refractivity contribution is -0.122. The van der Waals surface area contributed by atoms with Crippen LogP contribution in [-0.4, -0.2) is 37.1 Å². The second-order valence-electron chi connectivity index (χ2n) is 8.19. The van der Waals surface area contributed by atoms with Gasteiger partial charge in [0.2, 0.25) is 15.9 Å². The second kappa shape index (κ2) is 10.2. The first-order valence-electron chi connectivity index (χ1n) is 10.8. The minimum atomic E-state index is -3.99. The summed E-state index contributed by atoms with van der Waals surface area (Å²) < 4.78 is 30.1. The maximum absolute atomic E-state index is 13.6. The van der Waals surface area contributed by atoms with Crippen molar-refractivity contribution in [2.45, 2.75) is 49.5 Å². The molecule has 1 heterocycles. The normalized spacial score (nSPS) is 19.3. The van der Waals surface area contributed by atoms with Crippen molar-refractivity contribution in [3.63, 3.8) is 0 Å². The van der Waals surface area contributed by atoms with E-state index in [-0.39, 0.29) is 17.9 Å². The number of hydrogen-bond donors (Lipinski definition) is 0. The van der Waals surface area contributed by atoms with Gasteiger partial charge in [0, 0.05) is 15.5 Å². The van der Waals surface area contributed by atoms with E-state index in [4.69, 9.17) is 0 Å². The topological polar surface area (TPSA) is 74.8 Å². The quantitative estimate of drug-likeness (QED) is 0.316. The minimum Gasteiger partial charge on any atom is -0.274 e. The van der Waals surface area contributed by atoms with E-state index in [1.54, 1.807) is 36.4 Å². The maximum Gasteiger partial charge on any atom is 0.252 e. The van der Waals surface area contributed by atoms with Crippen LogP contribution >= 0.6 is 31.9 Å². The summed E-state index contributed by atoms with van der Waals surface area (Å²) >= 11 is 6.68. The summed E-state index contributed by atoms with van der Waals surface area (Å²) in [5.74, 6) is -0.916. The Balaban J connectivity index is 1.67. The fourth-order valence-electron chi connectivity index (χ4n) is 4.27. The molecule has 33 heavy (non-hydrogen) atoms. The molecule has 1 aliphatic carbocycles. The number of rotatable bonds is 7. The zero-order valence-corrected chi connectivity index (χ0v) is 21.9. The second-order valence-corrected chi connectivity index (χ2v) is 11.9. The largest absolute Gasteiger partial charge is 0.274 e. The first kappa shape index (κ1) is 24.3. The number of benzene rings is 2. The highest BCUT2D eigenvalue weighted by atomic mass is 79.9. The van der Waals surface area contributed by atoms with Crippen LogP contribution in [0.1, 0.15) is 38.5 Å². The van der Waals surface area contributed by atoms with Crippen LogP contribution in [0.25, 0.3) is 0 Å². The van der Waals surface area contributed by atoms with Gasteiger partial charge in [0.15, 0.2) is 0 Å². The Hall–Kier alpha value is -1.81. The van der Waals surface area contributed by atoms with Crippen molar-refractivity contribution < 1.29 is 18.0 Å². The molecule has 0 N–H and O–H groups in total. The summed E-state index contributed by atoms with van der Waals surface area (Å²) in [6.07, 6.45) is 6.70. The standard InChI is InChI=1S/C24H24Br2N2O4S/c25-18-6-10-20(11-7-18)28-23(29)16-22(24(28)30)27(15-14-17-4-2-1-3-5-17)33(31,32)21-12-8-19(26)9-13-21/h4,6-13,22H,1-3,5,14-16H2. The van der Waals surface area contributed by atoms with E-state index < -0.39 is 27.9 Å². The zero-order chi connectivity index (χ0) is 23.6. The monoisotopic (exact) mass is 594 g/mol. The Labute approximate surface area is 211 Å². The third-order valence-electron chi connectivity index (χ3n) is 6.01.